The van der Waals surface area contributed by atoms with Crippen molar-refractivity contribution in [3.05, 3.63) is 99.3 Å². The number of pyridine rings is 1. The largest absolute Gasteiger partial charge is 0.507 e. The van der Waals surface area contributed by atoms with Crippen LogP contribution in [0.25, 0.3) is 5.76 Å². The van der Waals surface area contributed by atoms with E-state index in [1.807, 2.05) is 37.3 Å². The van der Waals surface area contributed by atoms with Gasteiger partial charge in [0.25, 0.3) is 11.7 Å². The lowest BCUT2D eigenvalue weighted by atomic mass is 9.94. The molecule has 1 N–H and O–H groups in total. The molecule has 32 heavy (non-hydrogen) atoms. The van der Waals surface area contributed by atoms with Crippen molar-refractivity contribution < 1.29 is 19.4 Å². The van der Waals surface area contributed by atoms with Crippen molar-refractivity contribution in [1.29, 1.82) is 0 Å². The van der Waals surface area contributed by atoms with Gasteiger partial charge in [0.2, 0.25) is 0 Å². The van der Waals surface area contributed by atoms with Gasteiger partial charge < -0.3 is 14.7 Å². The van der Waals surface area contributed by atoms with E-state index < -0.39 is 17.7 Å². The molecule has 0 radical (unpaired) electrons. The standard InChI is InChI=1S/C25H21BrN2O4/c1-15-12-18(7-10-20(15)32-2)23(29)21-22(17-5-8-19(26)9-6-17)28(25(31)24(21)30)14-16-4-3-11-27-13-16/h3-13,22,29H,14H2,1-2H3/t22-/m0/s1. The fourth-order valence-corrected chi connectivity index (χ4v) is 4.17. The van der Waals surface area contributed by atoms with Gasteiger partial charge in [-0.2, -0.15) is 0 Å². The van der Waals surface area contributed by atoms with Crippen LogP contribution in [0.3, 0.4) is 0 Å². The van der Waals surface area contributed by atoms with Crippen molar-refractivity contribution in [3.63, 3.8) is 0 Å². The summed E-state index contributed by atoms with van der Waals surface area (Å²) in [6, 6.07) is 15.4. The molecular formula is C25H21BrN2O4. The predicted octanol–water partition coefficient (Wildman–Crippen LogP) is 4.78. The minimum absolute atomic E-state index is 0.0609. The van der Waals surface area contributed by atoms with Crippen molar-refractivity contribution in [2.24, 2.45) is 0 Å². The molecule has 2 heterocycles. The molecule has 1 saturated heterocycles. The molecule has 3 aromatic rings. The van der Waals surface area contributed by atoms with Gasteiger partial charge >= 0.3 is 0 Å². The number of nitrogens with zero attached hydrogens (tertiary/aromatic N) is 2. The first-order chi connectivity index (χ1) is 15.4. The summed E-state index contributed by atoms with van der Waals surface area (Å²) < 4.78 is 6.16. The Morgan fingerprint density at radius 2 is 1.91 bits per heavy atom. The van der Waals surface area contributed by atoms with E-state index in [2.05, 4.69) is 20.9 Å². The zero-order valence-electron chi connectivity index (χ0n) is 17.6. The molecule has 1 aromatic heterocycles. The van der Waals surface area contributed by atoms with E-state index in [-0.39, 0.29) is 17.9 Å². The molecule has 0 aliphatic carbocycles. The number of likely N-dealkylation sites (tertiary alicyclic amines) is 1. The van der Waals surface area contributed by atoms with Gasteiger partial charge in [-0.3, -0.25) is 14.6 Å². The SMILES string of the molecule is COc1ccc(C(O)=C2C(=O)C(=O)N(Cc3cccnc3)[C@H]2c2ccc(Br)cc2)cc1C. The highest BCUT2D eigenvalue weighted by atomic mass is 79.9. The Labute approximate surface area is 194 Å². The van der Waals surface area contributed by atoms with Crippen LogP contribution in [-0.2, 0) is 16.1 Å². The smallest absolute Gasteiger partial charge is 0.295 e. The van der Waals surface area contributed by atoms with Crippen molar-refractivity contribution >= 4 is 33.4 Å². The topological polar surface area (TPSA) is 79.7 Å². The summed E-state index contributed by atoms with van der Waals surface area (Å²) in [7, 11) is 1.57. The summed E-state index contributed by atoms with van der Waals surface area (Å²) in [6.07, 6.45) is 3.31. The molecule has 2 aromatic carbocycles. The number of methoxy groups -OCH3 is 1. The van der Waals surface area contributed by atoms with Crippen LogP contribution >= 0.6 is 15.9 Å². The molecular weight excluding hydrogens is 472 g/mol. The minimum Gasteiger partial charge on any atom is -0.507 e. The zero-order valence-corrected chi connectivity index (χ0v) is 19.2. The van der Waals surface area contributed by atoms with E-state index in [0.717, 1.165) is 21.2 Å². The first kappa shape index (κ1) is 21.8. The highest BCUT2D eigenvalue weighted by Gasteiger charge is 2.46. The maximum atomic E-state index is 13.1. The second-order valence-corrected chi connectivity index (χ2v) is 8.44. The molecule has 1 aliphatic heterocycles. The average Bonchev–Trinajstić information content (AvgIpc) is 3.04. The average molecular weight is 493 g/mol. The summed E-state index contributed by atoms with van der Waals surface area (Å²) in [5, 5.41) is 11.2. The number of aromatic nitrogens is 1. The van der Waals surface area contributed by atoms with Crippen LogP contribution < -0.4 is 4.74 Å². The number of aliphatic hydroxyl groups excluding tert-OH is 1. The summed E-state index contributed by atoms with van der Waals surface area (Å²) in [5.41, 5.74) is 2.83. The number of carbonyl (C=O) groups excluding carboxylic acids is 2. The molecule has 0 saturated carbocycles. The highest BCUT2D eigenvalue weighted by Crippen LogP contribution is 2.40. The summed E-state index contributed by atoms with van der Waals surface area (Å²) >= 11 is 3.42. The number of Topliss-reactive ketones (excluding diaryl/α,β-unsaturated/α-hetero) is 1. The number of ether oxygens (including phenoxy) is 1. The van der Waals surface area contributed by atoms with Gasteiger partial charge in [0, 0.05) is 29.0 Å². The minimum atomic E-state index is -0.731. The van der Waals surface area contributed by atoms with Gasteiger partial charge in [-0.05, 0) is 60.0 Å². The van der Waals surface area contributed by atoms with Gasteiger partial charge in [-0.1, -0.05) is 34.1 Å². The van der Waals surface area contributed by atoms with Crippen LogP contribution in [0.1, 0.15) is 28.3 Å². The Kier molecular flexibility index (Phi) is 6.10. The molecule has 1 fully saturated rings. The van der Waals surface area contributed by atoms with E-state index in [9.17, 15) is 14.7 Å². The molecule has 1 amide bonds. The third-order valence-electron chi connectivity index (χ3n) is 5.47. The summed E-state index contributed by atoms with van der Waals surface area (Å²) in [5.74, 6) is -0.917. The Balaban J connectivity index is 1.86. The molecule has 0 spiro atoms. The Hall–Kier alpha value is -3.45. The number of aliphatic hydroxyl groups is 1. The molecule has 1 atom stereocenters. The molecule has 7 heteroatoms. The number of amides is 1. The second-order valence-electron chi connectivity index (χ2n) is 7.52. The second kappa shape index (κ2) is 8.96. The lowest BCUT2D eigenvalue weighted by Crippen LogP contribution is -2.29. The van der Waals surface area contributed by atoms with E-state index in [1.54, 1.807) is 43.8 Å². The number of hydrogen-bond acceptors (Lipinski definition) is 5. The number of rotatable bonds is 5. The first-order valence-corrected chi connectivity index (χ1v) is 10.8. The van der Waals surface area contributed by atoms with Gasteiger partial charge in [-0.25, -0.2) is 0 Å². The molecule has 6 nitrogen and oxygen atoms in total. The van der Waals surface area contributed by atoms with Crippen molar-refractivity contribution in [2.75, 3.05) is 7.11 Å². The van der Waals surface area contributed by atoms with E-state index in [1.165, 1.54) is 4.90 Å². The summed E-state index contributed by atoms with van der Waals surface area (Å²) in [4.78, 5) is 31.8. The van der Waals surface area contributed by atoms with Crippen LogP contribution in [0.15, 0.2) is 77.0 Å². The van der Waals surface area contributed by atoms with Crippen LogP contribution in [-0.4, -0.2) is 33.8 Å². The Morgan fingerprint density at radius 3 is 2.53 bits per heavy atom. The van der Waals surface area contributed by atoms with Gasteiger partial charge in [0.05, 0.1) is 18.7 Å². The molecule has 0 bridgehead atoms. The fraction of sp³-hybridized carbons (Fsp3) is 0.160. The molecule has 1 aliphatic rings. The van der Waals surface area contributed by atoms with Gasteiger partial charge in [0.1, 0.15) is 11.5 Å². The Bertz CT molecular complexity index is 1210. The zero-order chi connectivity index (χ0) is 22.8. The van der Waals surface area contributed by atoms with E-state index >= 15 is 0 Å². The lowest BCUT2D eigenvalue weighted by Gasteiger charge is -2.25. The van der Waals surface area contributed by atoms with E-state index in [0.29, 0.717) is 11.3 Å². The van der Waals surface area contributed by atoms with Crippen molar-refractivity contribution in [2.45, 2.75) is 19.5 Å². The molecule has 0 unspecified atom stereocenters. The third kappa shape index (κ3) is 4.03. The predicted molar refractivity (Wildman–Crippen MR) is 124 cm³/mol. The molecule has 162 valence electrons. The highest BCUT2D eigenvalue weighted by molar-refractivity contribution is 9.10. The third-order valence-corrected chi connectivity index (χ3v) is 6.00. The summed E-state index contributed by atoms with van der Waals surface area (Å²) in [6.45, 7) is 2.04. The van der Waals surface area contributed by atoms with Crippen molar-refractivity contribution in [3.8, 4) is 5.75 Å². The maximum absolute atomic E-state index is 13.1. The Morgan fingerprint density at radius 1 is 1.16 bits per heavy atom. The fourth-order valence-electron chi connectivity index (χ4n) is 3.90. The number of benzene rings is 2. The number of aryl methyl sites for hydroxylation is 1. The van der Waals surface area contributed by atoms with Gasteiger partial charge in [-0.15, -0.1) is 0 Å². The number of halogens is 1. The first-order valence-electron chi connectivity index (χ1n) is 9.98. The number of hydrogen-bond donors (Lipinski definition) is 1. The van der Waals surface area contributed by atoms with Crippen molar-refractivity contribution in [1.82, 2.24) is 9.88 Å². The number of carbonyl (C=O) groups is 2. The van der Waals surface area contributed by atoms with Gasteiger partial charge in [0.15, 0.2) is 0 Å². The maximum Gasteiger partial charge on any atom is 0.295 e. The van der Waals surface area contributed by atoms with Crippen LogP contribution in [0.4, 0.5) is 0 Å². The van der Waals surface area contributed by atoms with Crippen LogP contribution in [0.5, 0.6) is 5.75 Å². The van der Waals surface area contributed by atoms with Crippen LogP contribution in [0.2, 0.25) is 0 Å². The van der Waals surface area contributed by atoms with Crippen LogP contribution in [0, 0.1) is 6.92 Å². The quantitative estimate of drug-likeness (QED) is 0.314. The lowest BCUT2D eigenvalue weighted by molar-refractivity contribution is -0.140. The normalized spacial score (nSPS) is 17.6. The molecule has 4 rings (SSSR count). The van der Waals surface area contributed by atoms with E-state index in [4.69, 9.17) is 4.74 Å². The monoisotopic (exact) mass is 492 g/mol. The number of ketones is 1.